The van der Waals surface area contributed by atoms with Crippen LogP contribution < -0.4 is 5.32 Å². The second-order valence-corrected chi connectivity index (χ2v) is 7.48. The number of rotatable bonds is 8. The van der Waals surface area contributed by atoms with Crippen molar-refractivity contribution in [2.75, 3.05) is 20.1 Å². The summed E-state index contributed by atoms with van der Waals surface area (Å²) in [7, 11) is -1.86. The molecule has 120 valence electrons. The van der Waals surface area contributed by atoms with Crippen molar-refractivity contribution in [2.24, 2.45) is 0 Å². The average Bonchev–Trinajstić information content (AvgIpc) is 2.43. The van der Waals surface area contributed by atoms with E-state index in [1.54, 1.807) is 13.1 Å². The SMILES string of the molecule is CCCCN(CC)S(=O)(=O)c1cc(Cl)cc(CNC)c1Cl. The van der Waals surface area contributed by atoms with E-state index in [9.17, 15) is 8.42 Å². The first-order valence-electron chi connectivity index (χ1n) is 7.01. The summed E-state index contributed by atoms with van der Waals surface area (Å²) in [5, 5.41) is 3.57. The van der Waals surface area contributed by atoms with E-state index < -0.39 is 10.0 Å². The van der Waals surface area contributed by atoms with Crippen LogP contribution in [-0.2, 0) is 16.6 Å². The second-order valence-electron chi connectivity index (χ2n) is 4.76. The largest absolute Gasteiger partial charge is 0.316 e. The summed E-state index contributed by atoms with van der Waals surface area (Å²) >= 11 is 12.3. The topological polar surface area (TPSA) is 49.4 Å². The number of nitrogens with one attached hydrogen (secondary N) is 1. The smallest absolute Gasteiger partial charge is 0.244 e. The van der Waals surface area contributed by atoms with E-state index in [1.165, 1.54) is 10.4 Å². The highest BCUT2D eigenvalue weighted by atomic mass is 35.5. The Bertz CT molecular complexity index is 577. The van der Waals surface area contributed by atoms with Gasteiger partial charge in [0.25, 0.3) is 0 Å². The first-order chi connectivity index (χ1) is 9.88. The predicted molar refractivity (Wildman–Crippen MR) is 88.6 cm³/mol. The highest BCUT2D eigenvalue weighted by Crippen LogP contribution is 2.31. The number of hydrogen-bond donors (Lipinski definition) is 1. The normalized spacial score (nSPS) is 12.1. The van der Waals surface area contributed by atoms with Gasteiger partial charge in [0.15, 0.2) is 0 Å². The number of sulfonamides is 1. The van der Waals surface area contributed by atoms with Gasteiger partial charge in [-0.25, -0.2) is 8.42 Å². The van der Waals surface area contributed by atoms with Crippen molar-refractivity contribution < 1.29 is 8.42 Å². The summed E-state index contributed by atoms with van der Waals surface area (Å²) in [6, 6.07) is 3.11. The van der Waals surface area contributed by atoms with E-state index in [-0.39, 0.29) is 9.92 Å². The molecule has 0 saturated heterocycles. The second kappa shape index (κ2) is 8.34. The van der Waals surface area contributed by atoms with Crippen LogP contribution in [0, 0.1) is 0 Å². The van der Waals surface area contributed by atoms with E-state index in [1.807, 2.05) is 13.8 Å². The Kier molecular flexibility index (Phi) is 7.44. The predicted octanol–water partition coefficient (Wildman–Crippen LogP) is 3.52. The third-order valence-electron chi connectivity index (χ3n) is 3.18. The van der Waals surface area contributed by atoms with Gasteiger partial charge in [-0.05, 0) is 31.2 Å². The summed E-state index contributed by atoms with van der Waals surface area (Å²) < 4.78 is 27.0. The molecule has 0 radical (unpaired) electrons. The molecule has 0 aromatic heterocycles. The first kappa shape index (κ1) is 18.7. The minimum atomic E-state index is -3.63. The molecule has 0 atom stereocenters. The van der Waals surface area contributed by atoms with Crippen LogP contribution in [0.15, 0.2) is 17.0 Å². The lowest BCUT2D eigenvalue weighted by atomic mass is 10.2. The average molecular weight is 353 g/mol. The highest BCUT2D eigenvalue weighted by Gasteiger charge is 2.26. The Morgan fingerprint density at radius 1 is 1.24 bits per heavy atom. The first-order valence-corrected chi connectivity index (χ1v) is 9.20. The highest BCUT2D eigenvalue weighted by molar-refractivity contribution is 7.89. The lowest BCUT2D eigenvalue weighted by molar-refractivity contribution is 0.419. The molecule has 21 heavy (non-hydrogen) atoms. The van der Waals surface area contributed by atoms with Crippen LogP contribution in [0.4, 0.5) is 0 Å². The van der Waals surface area contributed by atoms with Crippen LogP contribution in [0.5, 0.6) is 0 Å². The maximum atomic E-state index is 12.8. The van der Waals surface area contributed by atoms with E-state index in [0.717, 1.165) is 12.8 Å². The van der Waals surface area contributed by atoms with Crippen LogP contribution >= 0.6 is 23.2 Å². The molecule has 0 unspecified atom stereocenters. The van der Waals surface area contributed by atoms with Gasteiger partial charge >= 0.3 is 0 Å². The quantitative estimate of drug-likeness (QED) is 0.778. The van der Waals surface area contributed by atoms with Crippen LogP contribution in [0.3, 0.4) is 0 Å². The molecule has 1 aromatic rings. The van der Waals surface area contributed by atoms with Crippen LogP contribution in [0.2, 0.25) is 10.0 Å². The molecule has 0 aliphatic carbocycles. The number of unbranched alkanes of at least 4 members (excludes halogenated alkanes) is 1. The molecule has 1 N–H and O–H groups in total. The van der Waals surface area contributed by atoms with Gasteiger partial charge in [0.1, 0.15) is 4.90 Å². The lowest BCUT2D eigenvalue weighted by Crippen LogP contribution is -2.32. The minimum Gasteiger partial charge on any atom is -0.316 e. The van der Waals surface area contributed by atoms with Gasteiger partial charge in [-0.15, -0.1) is 0 Å². The molecule has 0 spiro atoms. The van der Waals surface area contributed by atoms with Crippen molar-refractivity contribution in [1.29, 1.82) is 0 Å². The monoisotopic (exact) mass is 352 g/mol. The molecule has 0 amide bonds. The van der Waals surface area contributed by atoms with Crippen molar-refractivity contribution in [3.8, 4) is 0 Å². The molecule has 4 nitrogen and oxygen atoms in total. The van der Waals surface area contributed by atoms with Crippen LogP contribution in [-0.4, -0.2) is 32.9 Å². The molecular formula is C14H22Cl2N2O2S. The molecular weight excluding hydrogens is 331 g/mol. The maximum Gasteiger partial charge on any atom is 0.244 e. The molecule has 0 bridgehead atoms. The standard InChI is InChI=1S/C14H22Cl2N2O2S/c1-4-6-7-18(5-2)21(19,20)13-9-12(15)8-11(10-17-3)14(13)16/h8-9,17H,4-7,10H2,1-3H3. The van der Waals surface area contributed by atoms with Crippen molar-refractivity contribution in [2.45, 2.75) is 38.1 Å². The number of nitrogens with zero attached hydrogens (tertiary/aromatic N) is 1. The molecule has 0 aliphatic heterocycles. The van der Waals surface area contributed by atoms with Gasteiger partial charge in [-0.3, -0.25) is 0 Å². The van der Waals surface area contributed by atoms with Gasteiger partial charge in [0.05, 0.1) is 5.02 Å². The molecule has 0 aliphatic rings. The Morgan fingerprint density at radius 2 is 1.90 bits per heavy atom. The molecule has 1 rings (SSSR count). The van der Waals surface area contributed by atoms with Crippen molar-refractivity contribution in [3.63, 3.8) is 0 Å². The molecule has 1 aromatic carbocycles. The van der Waals surface area contributed by atoms with Gasteiger partial charge in [-0.2, -0.15) is 4.31 Å². The maximum absolute atomic E-state index is 12.8. The fourth-order valence-electron chi connectivity index (χ4n) is 2.05. The third kappa shape index (κ3) is 4.57. The fourth-order valence-corrected chi connectivity index (χ4v) is 4.44. The van der Waals surface area contributed by atoms with Crippen molar-refractivity contribution in [3.05, 3.63) is 27.7 Å². The molecule has 7 heteroatoms. The van der Waals surface area contributed by atoms with E-state index >= 15 is 0 Å². The van der Waals surface area contributed by atoms with E-state index in [2.05, 4.69) is 5.32 Å². The summed E-state index contributed by atoms with van der Waals surface area (Å²) in [5.41, 5.74) is 0.678. The van der Waals surface area contributed by atoms with Crippen molar-refractivity contribution in [1.82, 2.24) is 9.62 Å². The van der Waals surface area contributed by atoms with Gasteiger partial charge in [-0.1, -0.05) is 43.5 Å². The number of halogens is 2. The number of benzene rings is 1. The Hall–Kier alpha value is -0.330. The van der Waals surface area contributed by atoms with Gasteiger partial charge < -0.3 is 5.32 Å². The van der Waals surface area contributed by atoms with Gasteiger partial charge in [0, 0.05) is 24.7 Å². The van der Waals surface area contributed by atoms with Crippen molar-refractivity contribution >= 4 is 33.2 Å². The van der Waals surface area contributed by atoms with Crippen LogP contribution in [0.25, 0.3) is 0 Å². The third-order valence-corrected chi connectivity index (χ3v) is 5.95. The Balaban J connectivity index is 3.29. The summed E-state index contributed by atoms with van der Waals surface area (Å²) in [6.45, 7) is 5.20. The zero-order valence-corrected chi connectivity index (χ0v) is 14.9. The fraction of sp³-hybridized carbons (Fsp3) is 0.571. The summed E-state index contributed by atoms with van der Waals surface area (Å²) in [5.74, 6) is 0. The van der Waals surface area contributed by atoms with E-state index in [4.69, 9.17) is 23.2 Å². The Morgan fingerprint density at radius 3 is 2.43 bits per heavy atom. The zero-order chi connectivity index (χ0) is 16.0. The minimum absolute atomic E-state index is 0.0832. The van der Waals surface area contributed by atoms with E-state index in [0.29, 0.717) is 30.2 Å². The summed E-state index contributed by atoms with van der Waals surface area (Å²) in [6.07, 6.45) is 1.74. The Labute approximate surface area is 137 Å². The molecule has 0 heterocycles. The zero-order valence-electron chi connectivity index (χ0n) is 12.6. The number of hydrogen-bond acceptors (Lipinski definition) is 3. The molecule has 0 fully saturated rings. The lowest BCUT2D eigenvalue weighted by Gasteiger charge is -2.22. The van der Waals surface area contributed by atoms with Crippen LogP contribution in [0.1, 0.15) is 32.3 Å². The summed E-state index contributed by atoms with van der Waals surface area (Å²) in [4.78, 5) is 0.0832. The van der Waals surface area contributed by atoms with Gasteiger partial charge in [0.2, 0.25) is 10.0 Å². The molecule has 0 saturated carbocycles.